The van der Waals surface area contributed by atoms with Crippen LogP contribution in [0, 0.1) is 5.41 Å². The first-order valence-corrected chi connectivity index (χ1v) is 9.87. The molecule has 1 aromatic rings. The molecule has 2 atom stereocenters. The van der Waals surface area contributed by atoms with Gasteiger partial charge in [-0.25, -0.2) is 13.6 Å². The summed E-state index contributed by atoms with van der Waals surface area (Å²) in [5.74, 6) is -0.186. The van der Waals surface area contributed by atoms with Gasteiger partial charge in [0.2, 0.25) is 15.9 Å². The molecule has 2 rings (SSSR count). The molecule has 0 radical (unpaired) electrons. The molecule has 8 heteroatoms. The molecule has 0 spiro atoms. The molecule has 0 saturated heterocycles. The maximum atomic E-state index is 12.5. The van der Waals surface area contributed by atoms with Gasteiger partial charge in [0.25, 0.3) is 0 Å². The Morgan fingerprint density at radius 2 is 1.92 bits per heavy atom. The maximum absolute atomic E-state index is 12.5. The van der Waals surface area contributed by atoms with E-state index in [1.54, 1.807) is 12.1 Å². The standard InChI is InChI=1S/C17H27N3O4S/c1-4-24-14-11-17(18,16(14,2)3)15(21)20-10-9-12-5-7-13(8-6-12)25(19,22)23/h5-8,14H,4,9-11,18H2,1-3H3,(H,20,21)(H2,19,22,23). The SMILES string of the molecule is CCOC1CC(N)(C(=O)NCCc2ccc(S(N)(=O)=O)cc2)C1(C)C. The Morgan fingerprint density at radius 3 is 2.40 bits per heavy atom. The van der Waals surface area contributed by atoms with Gasteiger partial charge < -0.3 is 15.8 Å². The van der Waals surface area contributed by atoms with E-state index in [2.05, 4.69) is 5.32 Å². The number of nitrogens with two attached hydrogens (primary N) is 2. The smallest absolute Gasteiger partial charge is 0.240 e. The van der Waals surface area contributed by atoms with E-state index in [9.17, 15) is 13.2 Å². The predicted molar refractivity (Wildman–Crippen MR) is 95.3 cm³/mol. The second kappa shape index (κ2) is 7.03. The quantitative estimate of drug-likeness (QED) is 0.646. The molecule has 1 saturated carbocycles. The number of amides is 1. The van der Waals surface area contributed by atoms with Gasteiger partial charge in [-0.2, -0.15) is 0 Å². The normalized spacial score (nSPS) is 25.2. The van der Waals surface area contributed by atoms with Crippen molar-refractivity contribution < 1.29 is 17.9 Å². The van der Waals surface area contributed by atoms with Crippen LogP contribution in [0.15, 0.2) is 29.2 Å². The van der Waals surface area contributed by atoms with Crippen LogP contribution in [0.4, 0.5) is 0 Å². The molecule has 1 fully saturated rings. The van der Waals surface area contributed by atoms with Gasteiger partial charge in [0.15, 0.2) is 0 Å². The van der Waals surface area contributed by atoms with Crippen molar-refractivity contribution in [3.63, 3.8) is 0 Å². The van der Waals surface area contributed by atoms with Crippen LogP contribution in [0.3, 0.4) is 0 Å². The molecule has 1 aromatic carbocycles. The molecular formula is C17H27N3O4S. The number of carbonyl (C=O) groups is 1. The third-order valence-corrected chi connectivity index (χ3v) is 6.12. The van der Waals surface area contributed by atoms with Crippen LogP contribution in [-0.4, -0.2) is 39.1 Å². The molecule has 25 heavy (non-hydrogen) atoms. The summed E-state index contributed by atoms with van der Waals surface area (Å²) in [6.45, 7) is 6.83. The molecule has 1 aliphatic rings. The lowest BCUT2D eigenvalue weighted by molar-refractivity contribution is -0.170. The summed E-state index contributed by atoms with van der Waals surface area (Å²) in [5.41, 5.74) is 5.85. The average Bonchev–Trinajstić information content (AvgIpc) is 2.54. The zero-order chi connectivity index (χ0) is 18.9. The maximum Gasteiger partial charge on any atom is 0.240 e. The monoisotopic (exact) mass is 369 g/mol. The Balaban J connectivity index is 1.89. The minimum Gasteiger partial charge on any atom is -0.378 e. The number of hydrogen-bond donors (Lipinski definition) is 3. The third kappa shape index (κ3) is 3.87. The number of ether oxygens (including phenoxy) is 1. The molecule has 140 valence electrons. The number of primary sulfonamides is 1. The van der Waals surface area contributed by atoms with E-state index < -0.39 is 21.0 Å². The summed E-state index contributed by atoms with van der Waals surface area (Å²) in [4.78, 5) is 12.6. The molecule has 0 aliphatic heterocycles. The fourth-order valence-electron chi connectivity index (χ4n) is 3.14. The average molecular weight is 369 g/mol. The highest BCUT2D eigenvalue weighted by molar-refractivity contribution is 7.89. The van der Waals surface area contributed by atoms with Crippen molar-refractivity contribution in [2.45, 2.75) is 50.2 Å². The van der Waals surface area contributed by atoms with Gasteiger partial charge in [-0.05, 0) is 31.0 Å². The van der Waals surface area contributed by atoms with Crippen molar-refractivity contribution in [2.75, 3.05) is 13.2 Å². The molecule has 5 N–H and O–H groups in total. The van der Waals surface area contributed by atoms with Crippen LogP contribution in [-0.2, 0) is 26.0 Å². The molecule has 2 unspecified atom stereocenters. The summed E-state index contributed by atoms with van der Waals surface area (Å²) < 4.78 is 28.1. The van der Waals surface area contributed by atoms with E-state index in [-0.39, 0.29) is 16.9 Å². The first kappa shape index (κ1) is 19.8. The Bertz CT molecular complexity index is 731. The minimum absolute atomic E-state index is 0.0148. The number of nitrogens with one attached hydrogen (secondary N) is 1. The summed E-state index contributed by atoms with van der Waals surface area (Å²) in [7, 11) is -3.69. The van der Waals surface area contributed by atoms with Gasteiger partial charge in [-0.15, -0.1) is 0 Å². The third-order valence-electron chi connectivity index (χ3n) is 5.19. The highest BCUT2D eigenvalue weighted by Gasteiger charge is 2.62. The van der Waals surface area contributed by atoms with Gasteiger partial charge in [-0.3, -0.25) is 4.79 Å². The van der Waals surface area contributed by atoms with Crippen molar-refractivity contribution in [3.8, 4) is 0 Å². The second-order valence-electron chi connectivity index (χ2n) is 7.04. The van der Waals surface area contributed by atoms with Crippen LogP contribution in [0.25, 0.3) is 0 Å². The summed E-state index contributed by atoms with van der Waals surface area (Å²) in [6.07, 6.45) is 1.06. The number of sulfonamides is 1. The molecule has 0 bridgehead atoms. The first-order valence-electron chi connectivity index (χ1n) is 8.33. The topological polar surface area (TPSA) is 125 Å². The number of carbonyl (C=O) groups excluding carboxylic acids is 1. The fraction of sp³-hybridized carbons (Fsp3) is 0.588. The van der Waals surface area contributed by atoms with Gasteiger partial charge >= 0.3 is 0 Å². The first-order chi connectivity index (χ1) is 11.5. The van der Waals surface area contributed by atoms with E-state index in [1.807, 2.05) is 20.8 Å². The second-order valence-corrected chi connectivity index (χ2v) is 8.60. The van der Waals surface area contributed by atoms with Crippen molar-refractivity contribution in [3.05, 3.63) is 29.8 Å². The summed E-state index contributed by atoms with van der Waals surface area (Å²) in [5, 5.41) is 7.94. The molecule has 0 aromatic heterocycles. The van der Waals surface area contributed by atoms with Crippen LogP contribution in [0.5, 0.6) is 0 Å². The summed E-state index contributed by atoms with van der Waals surface area (Å²) in [6, 6.07) is 6.28. The minimum atomic E-state index is -3.69. The van der Waals surface area contributed by atoms with Crippen LogP contribution in [0.1, 0.15) is 32.8 Å². The van der Waals surface area contributed by atoms with Crippen molar-refractivity contribution >= 4 is 15.9 Å². The van der Waals surface area contributed by atoms with E-state index in [0.717, 1.165) is 5.56 Å². The highest BCUT2D eigenvalue weighted by atomic mass is 32.2. The van der Waals surface area contributed by atoms with E-state index in [0.29, 0.717) is 26.0 Å². The van der Waals surface area contributed by atoms with E-state index >= 15 is 0 Å². The number of benzene rings is 1. The molecule has 0 heterocycles. The lowest BCUT2D eigenvalue weighted by Gasteiger charge is -2.57. The Hall–Kier alpha value is -1.48. The predicted octanol–water partition coefficient (Wildman–Crippen LogP) is 0.525. The van der Waals surface area contributed by atoms with Crippen molar-refractivity contribution in [1.82, 2.24) is 5.32 Å². The summed E-state index contributed by atoms with van der Waals surface area (Å²) >= 11 is 0. The Labute approximate surface area is 149 Å². The van der Waals surface area contributed by atoms with E-state index in [1.165, 1.54) is 12.1 Å². The van der Waals surface area contributed by atoms with Crippen LogP contribution < -0.4 is 16.2 Å². The van der Waals surface area contributed by atoms with Gasteiger partial charge in [0, 0.05) is 25.0 Å². The van der Waals surface area contributed by atoms with Crippen molar-refractivity contribution in [2.24, 2.45) is 16.3 Å². The molecule has 7 nitrogen and oxygen atoms in total. The highest BCUT2D eigenvalue weighted by Crippen LogP contribution is 2.49. The van der Waals surface area contributed by atoms with Gasteiger partial charge in [0.05, 0.1) is 11.0 Å². The number of rotatable bonds is 7. The van der Waals surface area contributed by atoms with Crippen LogP contribution in [0.2, 0.25) is 0 Å². The molecular weight excluding hydrogens is 342 g/mol. The zero-order valence-electron chi connectivity index (χ0n) is 14.9. The Morgan fingerprint density at radius 1 is 1.32 bits per heavy atom. The Kier molecular flexibility index (Phi) is 5.58. The lowest BCUT2D eigenvalue weighted by Crippen LogP contribution is -2.75. The van der Waals surface area contributed by atoms with E-state index in [4.69, 9.17) is 15.6 Å². The fourth-order valence-corrected chi connectivity index (χ4v) is 3.66. The largest absolute Gasteiger partial charge is 0.378 e. The molecule has 1 amide bonds. The van der Waals surface area contributed by atoms with Gasteiger partial charge in [-0.1, -0.05) is 26.0 Å². The number of hydrogen-bond acceptors (Lipinski definition) is 5. The molecule has 1 aliphatic carbocycles. The lowest BCUT2D eigenvalue weighted by atomic mass is 9.54. The zero-order valence-corrected chi connectivity index (χ0v) is 15.7. The van der Waals surface area contributed by atoms with Crippen LogP contribution >= 0.6 is 0 Å². The van der Waals surface area contributed by atoms with Gasteiger partial charge in [0.1, 0.15) is 5.54 Å². The van der Waals surface area contributed by atoms with Crippen molar-refractivity contribution in [1.29, 1.82) is 0 Å².